The largest absolute Gasteiger partial charge is 0.497 e. The van der Waals surface area contributed by atoms with Crippen LogP contribution in [0.15, 0.2) is 24.4 Å². The minimum Gasteiger partial charge on any atom is -0.497 e. The van der Waals surface area contributed by atoms with Gasteiger partial charge in [0.25, 0.3) is 0 Å². The number of carboxylic acids is 1. The number of aromatic nitrogens is 1. The van der Waals surface area contributed by atoms with Gasteiger partial charge < -0.3 is 19.9 Å². The van der Waals surface area contributed by atoms with Gasteiger partial charge >= 0.3 is 5.97 Å². The van der Waals surface area contributed by atoms with E-state index >= 15 is 0 Å². The molecule has 0 unspecified atom stereocenters. The number of aliphatic hydroxyl groups excluding tert-OH is 1. The second-order valence-electron chi connectivity index (χ2n) is 3.78. The van der Waals surface area contributed by atoms with E-state index in [2.05, 4.69) is 4.98 Å². The predicted molar refractivity (Wildman–Crippen MR) is 62.2 cm³/mol. The smallest absolute Gasteiger partial charge is 0.332 e. The van der Waals surface area contributed by atoms with Gasteiger partial charge in [0.1, 0.15) is 5.75 Å². The zero-order valence-electron chi connectivity index (χ0n) is 9.30. The highest BCUT2D eigenvalue weighted by molar-refractivity contribution is 5.85. The van der Waals surface area contributed by atoms with Gasteiger partial charge in [0.2, 0.25) is 0 Å². The maximum atomic E-state index is 10.6. The number of fused-ring (bicyclic) bond motifs is 1. The Bertz CT molecular complexity index is 546. The van der Waals surface area contributed by atoms with Crippen molar-refractivity contribution in [1.29, 1.82) is 0 Å². The molecule has 2 aromatic rings. The molecule has 1 aromatic carbocycles. The lowest BCUT2D eigenvalue weighted by atomic mass is 10.1. The van der Waals surface area contributed by atoms with Crippen LogP contribution in [0.1, 0.15) is 5.56 Å². The highest BCUT2D eigenvalue weighted by Gasteiger charge is 2.16. The van der Waals surface area contributed by atoms with E-state index < -0.39 is 12.1 Å². The number of hydrogen-bond donors (Lipinski definition) is 3. The second-order valence-corrected chi connectivity index (χ2v) is 3.78. The number of H-pyrrole nitrogens is 1. The van der Waals surface area contributed by atoms with Crippen LogP contribution in [-0.2, 0) is 11.2 Å². The van der Waals surface area contributed by atoms with Crippen molar-refractivity contribution < 1.29 is 19.7 Å². The Morgan fingerprint density at radius 1 is 1.53 bits per heavy atom. The number of benzene rings is 1. The predicted octanol–water partition coefficient (Wildman–Crippen LogP) is 1.16. The Balaban J connectivity index is 2.33. The fourth-order valence-corrected chi connectivity index (χ4v) is 1.76. The van der Waals surface area contributed by atoms with Crippen LogP contribution >= 0.6 is 0 Å². The summed E-state index contributed by atoms with van der Waals surface area (Å²) in [6, 6.07) is 5.47. The van der Waals surface area contributed by atoms with Gasteiger partial charge in [0.15, 0.2) is 6.10 Å². The van der Waals surface area contributed by atoms with E-state index in [1.54, 1.807) is 19.4 Å². The number of hydrogen-bond acceptors (Lipinski definition) is 3. The molecule has 0 spiro atoms. The van der Waals surface area contributed by atoms with Crippen LogP contribution in [0.5, 0.6) is 5.75 Å². The molecule has 90 valence electrons. The summed E-state index contributed by atoms with van der Waals surface area (Å²) in [4.78, 5) is 13.6. The molecular formula is C12H13NO4. The van der Waals surface area contributed by atoms with Crippen molar-refractivity contribution in [3.63, 3.8) is 0 Å². The molecule has 2 rings (SSSR count). The summed E-state index contributed by atoms with van der Waals surface area (Å²) >= 11 is 0. The fraction of sp³-hybridized carbons (Fsp3) is 0.250. The molecule has 0 saturated carbocycles. The number of aliphatic hydroxyl groups is 1. The maximum absolute atomic E-state index is 10.6. The van der Waals surface area contributed by atoms with Crippen LogP contribution in [0.3, 0.4) is 0 Å². The number of nitrogens with one attached hydrogen (secondary N) is 1. The van der Waals surface area contributed by atoms with Crippen molar-refractivity contribution in [2.45, 2.75) is 12.5 Å². The molecule has 0 bridgehead atoms. The zero-order valence-corrected chi connectivity index (χ0v) is 9.30. The molecule has 3 N–H and O–H groups in total. The summed E-state index contributed by atoms with van der Waals surface area (Å²) < 4.78 is 5.09. The molecule has 0 aliphatic rings. The van der Waals surface area contributed by atoms with Crippen molar-refractivity contribution in [2.24, 2.45) is 0 Å². The third kappa shape index (κ3) is 2.24. The lowest BCUT2D eigenvalue weighted by Crippen LogP contribution is -2.21. The van der Waals surface area contributed by atoms with Gasteiger partial charge in [0, 0.05) is 29.6 Å². The highest BCUT2D eigenvalue weighted by Crippen LogP contribution is 2.24. The van der Waals surface area contributed by atoms with E-state index in [0.29, 0.717) is 0 Å². The Hall–Kier alpha value is -2.01. The van der Waals surface area contributed by atoms with E-state index in [-0.39, 0.29) is 6.42 Å². The number of aromatic amines is 1. The molecule has 0 radical (unpaired) electrons. The number of carbonyl (C=O) groups is 1. The average Bonchev–Trinajstić information content (AvgIpc) is 2.71. The van der Waals surface area contributed by atoms with Gasteiger partial charge in [-0.05, 0) is 17.7 Å². The van der Waals surface area contributed by atoms with Gasteiger partial charge in [-0.3, -0.25) is 0 Å². The zero-order chi connectivity index (χ0) is 12.4. The van der Waals surface area contributed by atoms with Gasteiger partial charge in [-0.1, -0.05) is 0 Å². The molecular weight excluding hydrogens is 222 g/mol. The normalized spacial score (nSPS) is 12.6. The first kappa shape index (κ1) is 11.5. The van der Waals surface area contributed by atoms with Crippen LogP contribution in [0.2, 0.25) is 0 Å². The summed E-state index contributed by atoms with van der Waals surface area (Å²) in [6.45, 7) is 0. The van der Waals surface area contributed by atoms with Gasteiger partial charge in [0.05, 0.1) is 7.11 Å². The minimum atomic E-state index is -1.38. The standard InChI is InChI=1S/C12H13NO4/c1-17-8-2-3-9-7(4-11(14)12(15)16)6-13-10(9)5-8/h2-3,5-6,11,13-14H,4H2,1H3,(H,15,16)/t11-/m0/s1. The Labute approximate surface area is 97.6 Å². The molecule has 1 aromatic heterocycles. The molecule has 0 fully saturated rings. The van der Waals surface area contributed by atoms with E-state index in [0.717, 1.165) is 22.2 Å². The SMILES string of the molecule is COc1ccc2c(C[C@H](O)C(=O)O)c[nH]c2c1. The number of rotatable bonds is 4. The van der Waals surface area contributed by atoms with Crippen LogP contribution in [0.25, 0.3) is 10.9 Å². The first-order valence-electron chi connectivity index (χ1n) is 5.16. The van der Waals surface area contributed by atoms with Crippen molar-refractivity contribution in [3.8, 4) is 5.75 Å². The summed E-state index contributed by atoms with van der Waals surface area (Å²) in [7, 11) is 1.58. The summed E-state index contributed by atoms with van der Waals surface area (Å²) in [5.41, 5.74) is 1.63. The molecule has 1 heterocycles. The number of methoxy groups -OCH3 is 1. The third-order valence-electron chi connectivity index (χ3n) is 2.67. The lowest BCUT2D eigenvalue weighted by Gasteiger charge is -2.04. The number of aliphatic carboxylic acids is 1. The third-order valence-corrected chi connectivity index (χ3v) is 2.67. The van der Waals surface area contributed by atoms with Gasteiger partial charge in [-0.2, -0.15) is 0 Å². The fourth-order valence-electron chi connectivity index (χ4n) is 1.76. The topological polar surface area (TPSA) is 82.6 Å². The first-order valence-corrected chi connectivity index (χ1v) is 5.16. The number of ether oxygens (including phenoxy) is 1. The molecule has 0 aliphatic heterocycles. The Kier molecular flexibility index (Phi) is 3.01. The molecule has 17 heavy (non-hydrogen) atoms. The summed E-state index contributed by atoms with van der Waals surface area (Å²) in [6.07, 6.45) is 0.411. The van der Waals surface area contributed by atoms with Crippen molar-refractivity contribution in [3.05, 3.63) is 30.0 Å². The van der Waals surface area contributed by atoms with Crippen molar-refractivity contribution in [2.75, 3.05) is 7.11 Å². The maximum Gasteiger partial charge on any atom is 0.332 e. The minimum absolute atomic E-state index is 0.0850. The van der Waals surface area contributed by atoms with Crippen LogP contribution < -0.4 is 4.74 Å². The molecule has 0 amide bonds. The molecule has 5 nitrogen and oxygen atoms in total. The van der Waals surface area contributed by atoms with Crippen LogP contribution in [-0.4, -0.2) is 34.4 Å². The summed E-state index contributed by atoms with van der Waals surface area (Å²) in [5.74, 6) is -0.488. The highest BCUT2D eigenvalue weighted by atomic mass is 16.5. The molecule has 1 atom stereocenters. The van der Waals surface area contributed by atoms with E-state index in [1.165, 1.54) is 0 Å². The van der Waals surface area contributed by atoms with Crippen molar-refractivity contribution >= 4 is 16.9 Å². The first-order chi connectivity index (χ1) is 8.11. The monoisotopic (exact) mass is 235 g/mol. The van der Waals surface area contributed by atoms with Crippen LogP contribution in [0.4, 0.5) is 0 Å². The lowest BCUT2D eigenvalue weighted by molar-refractivity contribution is -0.146. The quantitative estimate of drug-likeness (QED) is 0.742. The molecule has 0 aliphatic carbocycles. The van der Waals surface area contributed by atoms with E-state index in [9.17, 15) is 9.90 Å². The summed E-state index contributed by atoms with van der Waals surface area (Å²) in [5, 5.41) is 18.9. The molecule has 0 saturated heterocycles. The number of carboxylic acid groups (broad SMARTS) is 1. The van der Waals surface area contributed by atoms with Gasteiger partial charge in [-0.25, -0.2) is 4.79 Å². The van der Waals surface area contributed by atoms with Crippen LogP contribution in [0, 0.1) is 0 Å². The van der Waals surface area contributed by atoms with E-state index in [1.807, 2.05) is 12.1 Å². The van der Waals surface area contributed by atoms with E-state index in [4.69, 9.17) is 9.84 Å². The Morgan fingerprint density at radius 3 is 2.94 bits per heavy atom. The average molecular weight is 235 g/mol. The van der Waals surface area contributed by atoms with Crippen molar-refractivity contribution in [1.82, 2.24) is 4.98 Å². The Morgan fingerprint density at radius 2 is 2.29 bits per heavy atom. The van der Waals surface area contributed by atoms with Gasteiger partial charge in [-0.15, -0.1) is 0 Å². The second kappa shape index (κ2) is 4.47. The molecule has 5 heteroatoms.